The molecule has 0 heterocycles. The van der Waals surface area contributed by atoms with Crippen molar-refractivity contribution in [3.8, 4) is 0 Å². The molecule has 0 aliphatic carbocycles. The van der Waals surface area contributed by atoms with Crippen molar-refractivity contribution in [2.75, 3.05) is 11.5 Å². The summed E-state index contributed by atoms with van der Waals surface area (Å²) in [5, 5.41) is 0. The topological polar surface area (TPSA) is 43.4 Å². The molecule has 0 spiro atoms. The molecule has 0 saturated heterocycles. The van der Waals surface area contributed by atoms with Crippen LogP contribution in [0.4, 0.5) is 0 Å². The summed E-state index contributed by atoms with van der Waals surface area (Å²) in [6.07, 6.45) is 0.481. The van der Waals surface area contributed by atoms with Crippen LogP contribution in [-0.2, 0) is 14.3 Å². The second kappa shape index (κ2) is 8.05. The van der Waals surface area contributed by atoms with Crippen molar-refractivity contribution < 1.29 is 14.3 Å². The molecule has 3 nitrogen and oxygen atoms in total. The average Bonchev–Trinajstić information content (AvgIpc) is 2.16. The normalized spacial score (nSPS) is 14.4. The van der Waals surface area contributed by atoms with Gasteiger partial charge in [0.2, 0.25) is 0 Å². The van der Waals surface area contributed by atoms with Gasteiger partial charge in [-0.15, -0.1) is 0 Å². The third-order valence-electron chi connectivity index (χ3n) is 1.88. The Balaban J connectivity index is 3.81. The van der Waals surface area contributed by atoms with Gasteiger partial charge in [0, 0.05) is 12.8 Å². The molecule has 0 fully saturated rings. The van der Waals surface area contributed by atoms with Gasteiger partial charge in [-0.3, -0.25) is 9.59 Å². The molecule has 0 aromatic carbocycles. The van der Waals surface area contributed by atoms with Gasteiger partial charge in [-0.1, -0.05) is 13.8 Å². The number of carbonyl (C=O) groups excluding carboxylic acids is 2. The lowest BCUT2D eigenvalue weighted by Gasteiger charge is -2.09. The van der Waals surface area contributed by atoms with E-state index in [0.717, 1.165) is 0 Å². The van der Waals surface area contributed by atoms with E-state index in [1.807, 2.05) is 13.8 Å². The molecule has 0 bridgehead atoms. The number of hydrogen-bond donors (Lipinski definition) is 2. The lowest BCUT2D eigenvalue weighted by molar-refractivity contribution is -0.160. The highest BCUT2D eigenvalue weighted by Crippen LogP contribution is 2.08. The number of hydrogen-bond acceptors (Lipinski definition) is 5. The van der Waals surface area contributed by atoms with Gasteiger partial charge >= 0.3 is 11.9 Å². The monoisotopic (exact) mass is 250 g/mol. The van der Waals surface area contributed by atoms with Crippen LogP contribution in [0.1, 0.15) is 26.7 Å². The number of rotatable bonds is 6. The fraction of sp³-hybridized carbons (Fsp3) is 0.800. The molecule has 0 saturated carbocycles. The summed E-state index contributed by atoms with van der Waals surface area (Å²) in [7, 11) is 0. The Labute approximate surface area is 102 Å². The Morgan fingerprint density at radius 2 is 1.33 bits per heavy atom. The number of esters is 2. The lowest BCUT2D eigenvalue weighted by atomic mass is 10.1. The Morgan fingerprint density at radius 1 is 1.00 bits per heavy atom. The van der Waals surface area contributed by atoms with Gasteiger partial charge < -0.3 is 4.74 Å². The summed E-state index contributed by atoms with van der Waals surface area (Å²) in [5.74, 6) is 0.555. The van der Waals surface area contributed by atoms with Crippen molar-refractivity contribution in [3.63, 3.8) is 0 Å². The minimum absolute atomic E-state index is 0.135. The van der Waals surface area contributed by atoms with Gasteiger partial charge in [0.25, 0.3) is 0 Å². The Kier molecular flexibility index (Phi) is 7.96. The molecule has 0 aromatic rings. The summed E-state index contributed by atoms with van der Waals surface area (Å²) >= 11 is 8.10. The fourth-order valence-corrected chi connectivity index (χ4v) is 1.17. The van der Waals surface area contributed by atoms with Gasteiger partial charge in [-0.2, -0.15) is 25.3 Å². The quantitative estimate of drug-likeness (QED) is 0.430. The Bertz CT molecular complexity index is 197. The first-order chi connectivity index (χ1) is 6.99. The molecule has 2 unspecified atom stereocenters. The smallest absolute Gasteiger partial charge is 0.313 e. The largest absolute Gasteiger partial charge is 0.393 e. The summed E-state index contributed by atoms with van der Waals surface area (Å²) in [6.45, 7) is 3.77. The molecule has 0 radical (unpaired) electrons. The molecule has 15 heavy (non-hydrogen) atoms. The first-order valence-corrected chi connectivity index (χ1v) is 6.21. The molecule has 2 atom stereocenters. The molecule has 88 valence electrons. The molecule has 0 amide bonds. The van der Waals surface area contributed by atoms with Crippen LogP contribution < -0.4 is 0 Å². The zero-order chi connectivity index (χ0) is 11.8. The van der Waals surface area contributed by atoms with Crippen molar-refractivity contribution in [2.24, 2.45) is 11.8 Å². The molecular weight excluding hydrogens is 232 g/mol. The maximum absolute atomic E-state index is 11.2. The van der Waals surface area contributed by atoms with Gasteiger partial charge in [-0.05, 0) is 23.3 Å². The summed E-state index contributed by atoms with van der Waals surface area (Å²) in [6, 6.07) is 0. The fourth-order valence-electron chi connectivity index (χ4n) is 0.908. The molecule has 0 N–H and O–H groups in total. The van der Waals surface area contributed by atoms with E-state index < -0.39 is 11.9 Å². The highest BCUT2D eigenvalue weighted by atomic mass is 32.1. The minimum atomic E-state index is -0.465. The first kappa shape index (κ1) is 14.8. The van der Waals surface area contributed by atoms with Crippen LogP contribution in [0.3, 0.4) is 0 Å². The number of thiol groups is 2. The molecule has 0 aliphatic heterocycles. The van der Waals surface area contributed by atoms with E-state index in [1.165, 1.54) is 0 Å². The van der Waals surface area contributed by atoms with Crippen molar-refractivity contribution in [1.82, 2.24) is 0 Å². The maximum Gasteiger partial charge on any atom is 0.313 e. The Morgan fingerprint density at radius 3 is 1.60 bits per heavy atom. The third-order valence-corrected chi connectivity index (χ3v) is 3.13. The summed E-state index contributed by atoms with van der Waals surface area (Å²) in [4.78, 5) is 22.4. The molecule has 5 heteroatoms. The van der Waals surface area contributed by atoms with Crippen LogP contribution in [0.15, 0.2) is 0 Å². The summed E-state index contributed by atoms with van der Waals surface area (Å²) in [5.41, 5.74) is 0. The highest BCUT2D eigenvalue weighted by molar-refractivity contribution is 7.80. The predicted octanol–water partition coefficient (Wildman–Crippen LogP) is 1.97. The SMILES string of the molecule is CC(CS)CC(=O)OC(=O)CC(C)CS. The van der Waals surface area contributed by atoms with Crippen LogP contribution in [0.5, 0.6) is 0 Å². The van der Waals surface area contributed by atoms with E-state index >= 15 is 0 Å². The van der Waals surface area contributed by atoms with Crippen molar-refractivity contribution in [2.45, 2.75) is 26.7 Å². The average molecular weight is 250 g/mol. The van der Waals surface area contributed by atoms with Crippen molar-refractivity contribution >= 4 is 37.2 Å². The van der Waals surface area contributed by atoms with Crippen LogP contribution in [-0.4, -0.2) is 23.4 Å². The first-order valence-electron chi connectivity index (χ1n) is 4.94. The number of carbonyl (C=O) groups is 2. The van der Waals surface area contributed by atoms with E-state index in [0.29, 0.717) is 11.5 Å². The van der Waals surface area contributed by atoms with E-state index in [4.69, 9.17) is 0 Å². The summed E-state index contributed by atoms with van der Waals surface area (Å²) < 4.78 is 4.65. The molecular formula is C10H18O3S2. The standard InChI is InChI=1S/C10H18O3S2/c1-7(5-14)3-9(11)13-10(12)4-8(2)6-15/h7-8,14-15H,3-6H2,1-2H3. The molecule has 0 aromatic heterocycles. The van der Waals surface area contributed by atoms with Gasteiger partial charge in [-0.25, -0.2) is 0 Å². The van der Waals surface area contributed by atoms with E-state index in [9.17, 15) is 9.59 Å². The zero-order valence-electron chi connectivity index (χ0n) is 9.10. The zero-order valence-corrected chi connectivity index (χ0v) is 10.9. The van der Waals surface area contributed by atoms with Gasteiger partial charge in [0.1, 0.15) is 0 Å². The second-order valence-electron chi connectivity index (χ2n) is 3.83. The highest BCUT2D eigenvalue weighted by Gasteiger charge is 2.15. The van der Waals surface area contributed by atoms with Crippen LogP contribution >= 0.6 is 25.3 Å². The predicted molar refractivity (Wildman–Crippen MR) is 66.4 cm³/mol. The Hall–Kier alpha value is -0.160. The van der Waals surface area contributed by atoms with Crippen LogP contribution in [0, 0.1) is 11.8 Å². The van der Waals surface area contributed by atoms with Crippen molar-refractivity contribution in [1.29, 1.82) is 0 Å². The number of ether oxygens (including phenoxy) is 1. The maximum atomic E-state index is 11.2. The lowest BCUT2D eigenvalue weighted by Crippen LogP contribution is -2.17. The molecule has 0 aliphatic rings. The minimum Gasteiger partial charge on any atom is -0.393 e. The second-order valence-corrected chi connectivity index (χ2v) is 4.56. The van der Waals surface area contributed by atoms with Crippen LogP contribution in [0.25, 0.3) is 0 Å². The van der Waals surface area contributed by atoms with E-state index in [1.54, 1.807) is 0 Å². The molecule has 0 rings (SSSR count). The van der Waals surface area contributed by atoms with Crippen molar-refractivity contribution in [3.05, 3.63) is 0 Å². The van der Waals surface area contributed by atoms with E-state index in [2.05, 4.69) is 30.0 Å². The third kappa shape index (κ3) is 7.73. The van der Waals surface area contributed by atoms with Gasteiger partial charge in [0.05, 0.1) is 0 Å². The van der Waals surface area contributed by atoms with Crippen LogP contribution in [0.2, 0.25) is 0 Å². The van der Waals surface area contributed by atoms with Gasteiger partial charge in [0.15, 0.2) is 0 Å². The van der Waals surface area contributed by atoms with E-state index in [-0.39, 0.29) is 24.7 Å².